The van der Waals surface area contributed by atoms with Crippen molar-refractivity contribution in [3.8, 4) is 11.3 Å². The summed E-state index contributed by atoms with van der Waals surface area (Å²) in [7, 11) is 0. The lowest BCUT2D eigenvalue weighted by Gasteiger charge is -2.12. The minimum absolute atomic E-state index is 0.0198. The molecule has 4 heteroatoms. The Kier molecular flexibility index (Phi) is 4.06. The number of fused-ring (bicyclic) bond motifs is 1. The molecule has 0 saturated heterocycles. The fraction of sp³-hybridized carbons (Fsp3) is 0.158. The van der Waals surface area contributed by atoms with E-state index in [2.05, 4.69) is 10.3 Å². The van der Waals surface area contributed by atoms with E-state index in [-0.39, 0.29) is 17.8 Å². The first-order valence-electron chi connectivity index (χ1n) is 7.52. The average molecular weight is 308 g/mol. The van der Waals surface area contributed by atoms with Gasteiger partial charge in [-0.05, 0) is 38.1 Å². The first-order valence-corrected chi connectivity index (χ1v) is 7.52. The van der Waals surface area contributed by atoms with Crippen LogP contribution in [0.4, 0.5) is 4.39 Å². The number of rotatable bonds is 3. The maximum atomic E-state index is 14.1. The van der Waals surface area contributed by atoms with Crippen molar-refractivity contribution in [2.24, 2.45) is 0 Å². The van der Waals surface area contributed by atoms with Crippen LogP contribution in [-0.2, 0) is 0 Å². The van der Waals surface area contributed by atoms with Crippen LogP contribution >= 0.6 is 0 Å². The van der Waals surface area contributed by atoms with E-state index in [4.69, 9.17) is 0 Å². The van der Waals surface area contributed by atoms with E-state index in [0.29, 0.717) is 22.3 Å². The van der Waals surface area contributed by atoms with E-state index in [1.165, 1.54) is 6.07 Å². The number of nitrogens with one attached hydrogen (secondary N) is 1. The molecule has 0 fully saturated rings. The third kappa shape index (κ3) is 3.06. The number of carbonyl (C=O) groups is 1. The van der Waals surface area contributed by atoms with Crippen LogP contribution in [-0.4, -0.2) is 16.9 Å². The van der Waals surface area contributed by atoms with Crippen molar-refractivity contribution < 1.29 is 9.18 Å². The monoisotopic (exact) mass is 308 g/mol. The van der Waals surface area contributed by atoms with Crippen LogP contribution in [0.3, 0.4) is 0 Å². The highest BCUT2D eigenvalue weighted by molar-refractivity contribution is 6.07. The van der Waals surface area contributed by atoms with Gasteiger partial charge in [0.15, 0.2) is 0 Å². The second kappa shape index (κ2) is 6.16. The maximum Gasteiger partial charge on any atom is 0.252 e. The number of para-hydroxylation sites is 1. The minimum Gasteiger partial charge on any atom is -0.350 e. The molecular weight excluding hydrogens is 291 g/mol. The van der Waals surface area contributed by atoms with E-state index in [9.17, 15) is 9.18 Å². The van der Waals surface area contributed by atoms with E-state index >= 15 is 0 Å². The van der Waals surface area contributed by atoms with E-state index in [0.717, 1.165) is 5.39 Å². The Morgan fingerprint density at radius 2 is 1.78 bits per heavy atom. The molecule has 0 radical (unpaired) electrons. The standard InChI is InChI=1S/C19H17FN2O/c1-12(2)21-19(23)15-11-18(14-8-3-5-9-16(14)20)22-17-10-6-4-7-13(15)17/h3-12H,1-2H3,(H,21,23). The summed E-state index contributed by atoms with van der Waals surface area (Å²) in [4.78, 5) is 17.0. The first kappa shape index (κ1) is 15.2. The van der Waals surface area contributed by atoms with Crippen LogP contribution in [0, 0.1) is 5.82 Å². The molecule has 1 heterocycles. The van der Waals surface area contributed by atoms with E-state index in [1.807, 2.05) is 38.1 Å². The number of hydrogen-bond donors (Lipinski definition) is 1. The molecule has 1 amide bonds. The molecule has 3 nitrogen and oxygen atoms in total. The molecule has 0 saturated carbocycles. The summed E-state index contributed by atoms with van der Waals surface area (Å²) in [6, 6.07) is 15.5. The number of halogens is 1. The van der Waals surface area contributed by atoms with Crippen LogP contribution < -0.4 is 5.32 Å². The minimum atomic E-state index is -0.356. The Hall–Kier alpha value is -2.75. The Labute approximate surface area is 134 Å². The third-order valence-corrected chi connectivity index (χ3v) is 3.53. The van der Waals surface area contributed by atoms with Gasteiger partial charge in [-0.15, -0.1) is 0 Å². The average Bonchev–Trinajstić information content (AvgIpc) is 2.53. The smallest absolute Gasteiger partial charge is 0.252 e. The van der Waals surface area contributed by atoms with E-state index < -0.39 is 0 Å². The van der Waals surface area contributed by atoms with Crippen LogP contribution in [0.5, 0.6) is 0 Å². The lowest BCUT2D eigenvalue weighted by atomic mass is 10.0. The number of benzene rings is 2. The van der Waals surface area contributed by atoms with Gasteiger partial charge in [0.1, 0.15) is 5.82 Å². The van der Waals surface area contributed by atoms with Crippen molar-refractivity contribution in [3.63, 3.8) is 0 Å². The molecule has 23 heavy (non-hydrogen) atoms. The summed E-state index contributed by atoms with van der Waals surface area (Å²) in [6.45, 7) is 3.80. The zero-order chi connectivity index (χ0) is 16.4. The van der Waals surface area contributed by atoms with Crippen molar-refractivity contribution in [1.82, 2.24) is 10.3 Å². The Balaban J connectivity index is 2.22. The van der Waals surface area contributed by atoms with Gasteiger partial charge in [-0.25, -0.2) is 9.37 Å². The summed E-state index contributed by atoms with van der Waals surface area (Å²) >= 11 is 0. The summed E-state index contributed by atoms with van der Waals surface area (Å²) < 4.78 is 14.1. The fourth-order valence-corrected chi connectivity index (χ4v) is 2.51. The molecule has 0 bridgehead atoms. The number of nitrogens with zero attached hydrogens (tertiary/aromatic N) is 1. The van der Waals surface area contributed by atoms with Gasteiger partial charge in [0, 0.05) is 17.0 Å². The quantitative estimate of drug-likeness (QED) is 0.788. The number of hydrogen-bond acceptors (Lipinski definition) is 2. The second-order valence-corrected chi connectivity index (χ2v) is 5.68. The number of carbonyl (C=O) groups excluding carboxylic acids is 1. The highest BCUT2D eigenvalue weighted by atomic mass is 19.1. The number of amides is 1. The predicted molar refractivity (Wildman–Crippen MR) is 89.7 cm³/mol. The summed E-state index contributed by atoms with van der Waals surface area (Å²) in [5.41, 5.74) is 2.01. The van der Waals surface area contributed by atoms with Crippen LogP contribution in [0.15, 0.2) is 54.6 Å². The van der Waals surface area contributed by atoms with Crippen LogP contribution in [0.2, 0.25) is 0 Å². The summed E-state index contributed by atoms with van der Waals surface area (Å²) in [5, 5.41) is 3.64. The SMILES string of the molecule is CC(C)NC(=O)c1cc(-c2ccccc2F)nc2ccccc12. The molecule has 0 aliphatic rings. The molecule has 3 aromatic rings. The lowest BCUT2D eigenvalue weighted by Crippen LogP contribution is -2.30. The van der Waals surface area contributed by atoms with Crippen molar-refractivity contribution in [3.05, 3.63) is 66.0 Å². The molecule has 2 aromatic carbocycles. The molecule has 3 rings (SSSR count). The highest BCUT2D eigenvalue weighted by Gasteiger charge is 2.15. The molecule has 0 unspecified atom stereocenters. The van der Waals surface area contributed by atoms with Gasteiger partial charge < -0.3 is 5.32 Å². The van der Waals surface area contributed by atoms with Gasteiger partial charge in [0.25, 0.3) is 5.91 Å². The zero-order valence-corrected chi connectivity index (χ0v) is 13.0. The van der Waals surface area contributed by atoms with Crippen LogP contribution in [0.25, 0.3) is 22.2 Å². The molecule has 1 N–H and O–H groups in total. The highest BCUT2D eigenvalue weighted by Crippen LogP contribution is 2.26. The molecule has 116 valence electrons. The van der Waals surface area contributed by atoms with Crippen molar-refractivity contribution in [1.29, 1.82) is 0 Å². The van der Waals surface area contributed by atoms with Crippen LogP contribution in [0.1, 0.15) is 24.2 Å². The summed E-state index contributed by atoms with van der Waals surface area (Å²) in [6.07, 6.45) is 0. The van der Waals surface area contributed by atoms with Gasteiger partial charge in [-0.3, -0.25) is 4.79 Å². The molecule has 0 aliphatic carbocycles. The van der Waals surface area contributed by atoms with Gasteiger partial charge in [0.05, 0.1) is 16.8 Å². The van der Waals surface area contributed by atoms with Gasteiger partial charge in [-0.2, -0.15) is 0 Å². The van der Waals surface area contributed by atoms with Crippen molar-refractivity contribution >= 4 is 16.8 Å². The normalized spacial score (nSPS) is 11.0. The Morgan fingerprint density at radius 1 is 1.09 bits per heavy atom. The van der Waals surface area contributed by atoms with Gasteiger partial charge in [0.2, 0.25) is 0 Å². The Bertz CT molecular complexity index is 874. The first-order chi connectivity index (χ1) is 11.1. The van der Waals surface area contributed by atoms with Gasteiger partial charge >= 0.3 is 0 Å². The summed E-state index contributed by atoms with van der Waals surface area (Å²) in [5.74, 6) is -0.540. The van der Waals surface area contributed by atoms with Crippen molar-refractivity contribution in [2.45, 2.75) is 19.9 Å². The molecule has 0 aliphatic heterocycles. The lowest BCUT2D eigenvalue weighted by molar-refractivity contribution is 0.0944. The molecule has 0 spiro atoms. The van der Waals surface area contributed by atoms with Crippen molar-refractivity contribution in [2.75, 3.05) is 0 Å². The number of pyridine rings is 1. The molecule has 1 aromatic heterocycles. The second-order valence-electron chi connectivity index (χ2n) is 5.68. The predicted octanol–water partition coefficient (Wildman–Crippen LogP) is 4.18. The zero-order valence-electron chi connectivity index (χ0n) is 13.0. The van der Waals surface area contributed by atoms with Gasteiger partial charge in [-0.1, -0.05) is 30.3 Å². The number of aromatic nitrogens is 1. The molecular formula is C19H17FN2O. The topological polar surface area (TPSA) is 42.0 Å². The Morgan fingerprint density at radius 3 is 2.52 bits per heavy atom. The third-order valence-electron chi connectivity index (χ3n) is 3.53. The fourth-order valence-electron chi connectivity index (χ4n) is 2.51. The largest absolute Gasteiger partial charge is 0.350 e. The van der Waals surface area contributed by atoms with E-state index in [1.54, 1.807) is 24.3 Å². The molecule has 0 atom stereocenters. The maximum absolute atomic E-state index is 14.1.